The van der Waals surface area contributed by atoms with Crippen LogP contribution in [-0.2, 0) is 25.7 Å². The second-order valence-corrected chi connectivity index (χ2v) is 7.39. The van der Waals surface area contributed by atoms with Gasteiger partial charge in [-0.25, -0.2) is 9.59 Å². The van der Waals surface area contributed by atoms with Gasteiger partial charge in [-0.3, -0.25) is 9.69 Å². The Morgan fingerprint density at radius 1 is 1.10 bits per heavy atom. The summed E-state index contributed by atoms with van der Waals surface area (Å²) in [6, 6.07) is 8.22. The first-order valence-corrected chi connectivity index (χ1v) is 10.1. The Bertz CT molecular complexity index is 682. The summed E-state index contributed by atoms with van der Waals surface area (Å²) in [4.78, 5) is 32.9. The van der Waals surface area contributed by atoms with Gasteiger partial charge in [-0.15, -0.1) is 0 Å². The molecular weight excluding hydrogens is 392 g/mol. The number of carbonyl (C=O) groups is 3. The third-order valence-corrected chi connectivity index (χ3v) is 5.23. The van der Waals surface area contributed by atoms with Crippen molar-refractivity contribution in [3.05, 3.63) is 29.8 Å². The Kier molecular flexibility index (Phi) is 9.56. The molecule has 1 atom stereocenters. The third kappa shape index (κ3) is 8.00. The number of carboxylic acids is 2. The smallest absolute Gasteiger partial charge is 0.414 e. The molecule has 1 amide bonds. The second kappa shape index (κ2) is 12.1. The van der Waals surface area contributed by atoms with Crippen molar-refractivity contribution in [2.75, 3.05) is 33.4 Å². The Morgan fingerprint density at radius 2 is 1.73 bits per heavy atom. The lowest BCUT2D eigenvalue weighted by Gasteiger charge is -2.31. The predicted octanol–water partition coefficient (Wildman–Crippen LogP) is 1.36. The number of carbonyl (C=O) groups excluding carboxylic acids is 1. The number of benzene rings is 1. The number of amides is 1. The zero-order valence-electron chi connectivity index (χ0n) is 17.2. The van der Waals surface area contributed by atoms with Gasteiger partial charge in [0.1, 0.15) is 5.75 Å². The molecule has 2 aliphatic heterocycles. The summed E-state index contributed by atoms with van der Waals surface area (Å²) in [5.74, 6) is -2.40. The molecule has 3 rings (SSSR count). The van der Waals surface area contributed by atoms with Crippen molar-refractivity contribution < 1.29 is 34.1 Å². The Labute approximate surface area is 176 Å². The minimum Gasteiger partial charge on any atom is -0.497 e. The molecule has 0 bridgehead atoms. The highest BCUT2D eigenvalue weighted by Crippen LogP contribution is 2.20. The maximum Gasteiger partial charge on any atom is 0.414 e. The van der Waals surface area contributed by atoms with Crippen LogP contribution in [0.5, 0.6) is 5.75 Å². The fraction of sp³-hybridized carbons (Fsp3) is 0.571. The van der Waals surface area contributed by atoms with Gasteiger partial charge < -0.3 is 25.0 Å². The molecule has 166 valence electrons. The SMILES string of the molecule is COc1ccc(CN2CCC(C(=O)NCC3CCCO3)CC2)cc1.O=C(O)C(=O)O. The average molecular weight is 422 g/mol. The number of methoxy groups -OCH3 is 1. The van der Waals surface area contributed by atoms with Crippen molar-refractivity contribution in [1.82, 2.24) is 10.2 Å². The number of hydrogen-bond donors (Lipinski definition) is 3. The summed E-state index contributed by atoms with van der Waals surface area (Å²) in [6.07, 6.45) is 4.29. The summed E-state index contributed by atoms with van der Waals surface area (Å²) < 4.78 is 10.8. The first kappa shape index (κ1) is 23.6. The monoisotopic (exact) mass is 422 g/mol. The van der Waals surface area contributed by atoms with E-state index in [1.54, 1.807) is 7.11 Å². The molecule has 0 radical (unpaired) electrons. The highest BCUT2D eigenvalue weighted by Gasteiger charge is 2.26. The van der Waals surface area contributed by atoms with E-state index < -0.39 is 11.9 Å². The van der Waals surface area contributed by atoms with Gasteiger partial charge in [0.15, 0.2) is 0 Å². The molecule has 9 heteroatoms. The molecule has 0 saturated carbocycles. The van der Waals surface area contributed by atoms with Crippen molar-refractivity contribution in [2.24, 2.45) is 5.92 Å². The fourth-order valence-electron chi connectivity index (χ4n) is 3.51. The van der Waals surface area contributed by atoms with Crippen LogP contribution in [0.25, 0.3) is 0 Å². The molecule has 1 aromatic rings. The molecular formula is C21H30N2O7. The van der Waals surface area contributed by atoms with Gasteiger partial charge in [-0.05, 0) is 56.5 Å². The summed E-state index contributed by atoms with van der Waals surface area (Å²) >= 11 is 0. The van der Waals surface area contributed by atoms with Crippen LogP contribution in [0.1, 0.15) is 31.2 Å². The van der Waals surface area contributed by atoms with Gasteiger partial charge in [-0.2, -0.15) is 0 Å². The van der Waals surface area contributed by atoms with Crippen LogP contribution in [0.4, 0.5) is 0 Å². The van der Waals surface area contributed by atoms with E-state index in [4.69, 9.17) is 29.3 Å². The maximum absolute atomic E-state index is 12.3. The lowest BCUT2D eigenvalue weighted by atomic mass is 9.95. The van der Waals surface area contributed by atoms with Crippen LogP contribution in [0, 0.1) is 5.92 Å². The first-order chi connectivity index (χ1) is 14.4. The van der Waals surface area contributed by atoms with Gasteiger partial charge in [0.25, 0.3) is 0 Å². The van der Waals surface area contributed by atoms with Crippen molar-refractivity contribution in [3.63, 3.8) is 0 Å². The normalized spacial score (nSPS) is 19.4. The minimum atomic E-state index is -1.82. The third-order valence-electron chi connectivity index (χ3n) is 5.23. The minimum absolute atomic E-state index is 0.151. The summed E-state index contributed by atoms with van der Waals surface area (Å²) in [6.45, 7) is 4.40. The lowest BCUT2D eigenvalue weighted by Crippen LogP contribution is -2.42. The molecule has 1 unspecified atom stereocenters. The van der Waals surface area contributed by atoms with Gasteiger partial charge in [0.2, 0.25) is 5.91 Å². The van der Waals surface area contributed by atoms with E-state index in [-0.39, 0.29) is 17.9 Å². The van der Waals surface area contributed by atoms with E-state index in [1.807, 2.05) is 12.1 Å². The fourth-order valence-corrected chi connectivity index (χ4v) is 3.51. The van der Waals surface area contributed by atoms with Crippen molar-refractivity contribution in [2.45, 2.75) is 38.3 Å². The van der Waals surface area contributed by atoms with E-state index in [9.17, 15) is 4.79 Å². The Hall–Kier alpha value is -2.65. The number of carboxylic acid groups (broad SMARTS) is 2. The van der Waals surface area contributed by atoms with E-state index >= 15 is 0 Å². The zero-order chi connectivity index (χ0) is 21.9. The molecule has 3 N–H and O–H groups in total. The van der Waals surface area contributed by atoms with Crippen molar-refractivity contribution >= 4 is 17.8 Å². The number of hydrogen-bond acceptors (Lipinski definition) is 6. The standard InChI is InChI=1S/C19H28N2O3.C2H2O4/c1-23-17-6-4-15(5-7-17)14-21-10-8-16(9-11-21)19(22)20-13-18-3-2-12-24-18;3-1(4)2(5)6/h4-7,16,18H,2-3,8-14H2,1H3,(H,20,22);(H,3,4)(H,5,6). The number of aliphatic carboxylic acids is 2. The van der Waals surface area contributed by atoms with Crippen LogP contribution < -0.4 is 10.1 Å². The number of rotatable bonds is 6. The number of likely N-dealkylation sites (tertiary alicyclic amines) is 1. The topological polar surface area (TPSA) is 125 Å². The second-order valence-electron chi connectivity index (χ2n) is 7.39. The quantitative estimate of drug-likeness (QED) is 0.587. The summed E-state index contributed by atoms with van der Waals surface area (Å²) in [5.41, 5.74) is 1.29. The highest BCUT2D eigenvalue weighted by atomic mass is 16.5. The highest BCUT2D eigenvalue weighted by molar-refractivity contribution is 6.27. The maximum atomic E-state index is 12.3. The van der Waals surface area contributed by atoms with Gasteiger partial charge in [-0.1, -0.05) is 12.1 Å². The largest absolute Gasteiger partial charge is 0.497 e. The first-order valence-electron chi connectivity index (χ1n) is 10.1. The van der Waals surface area contributed by atoms with E-state index in [1.165, 1.54) is 5.56 Å². The van der Waals surface area contributed by atoms with E-state index in [0.29, 0.717) is 6.54 Å². The molecule has 2 aliphatic rings. The number of piperidine rings is 1. The van der Waals surface area contributed by atoms with E-state index in [2.05, 4.69) is 22.3 Å². The van der Waals surface area contributed by atoms with Crippen LogP contribution in [0.3, 0.4) is 0 Å². The molecule has 0 aromatic heterocycles. The molecule has 0 spiro atoms. The van der Waals surface area contributed by atoms with Crippen LogP contribution >= 0.6 is 0 Å². The average Bonchev–Trinajstić information content (AvgIpc) is 3.27. The van der Waals surface area contributed by atoms with Crippen molar-refractivity contribution in [1.29, 1.82) is 0 Å². The number of nitrogens with zero attached hydrogens (tertiary/aromatic N) is 1. The molecule has 1 aromatic carbocycles. The van der Waals surface area contributed by atoms with Gasteiger partial charge in [0.05, 0.1) is 13.2 Å². The van der Waals surface area contributed by atoms with Crippen LogP contribution in [-0.4, -0.2) is 72.4 Å². The molecule has 2 heterocycles. The van der Waals surface area contributed by atoms with Crippen molar-refractivity contribution in [3.8, 4) is 5.75 Å². The zero-order valence-corrected chi connectivity index (χ0v) is 17.2. The van der Waals surface area contributed by atoms with Crippen LogP contribution in [0.2, 0.25) is 0 Å². The Morgan fingerprint density at radius 3 is 2.23 bits per heavy atom. The molecule has 2 fully saturated rings. The summed E-state index contributed by atoms with van der Waals surface area (Å²) in [5, 5.41) is 17.9. The van der Waals surface area contributed by atoms with Crippen LogP contribution in [0.15, 0.2) is 24.3 Å². The summed E-state index contributed by atoms with van der Waals surface area (Å²) in [7, 11) is 1.68. The Balaban J connectivity index is 0.000000469. The predicted molar refractivity (Wildman–Crippen MR) is 108 cm³/mol. The molecule has 30 heavy (non-hydrogen) atoms. The number of ether oxygens (including phenoxy) is 2. The van der Waals surface area contributed by atoms with E-state index in [0.717, 1.165) is 57.7 Å². The van der Waals surface area contributed by atoms with Gasteiger partial charge in [0, 0.05) is 25.6 Å². The molecule has 2 saturated heterocycles. The van der Waals surface area contributed by atoms with Gasteiger partial charge >= 0.3 is 11.9 Å². The molecule has 9 nitrogen and oxygen atoms in total. The lowest BCUT2D eigenvalue weighted by molar-refractivity contribution is -0.159. The molecule has 0 aliphatic carbocycles. The number of nitrogens with one attached hydrogen (secondary N) is 1.